The first kappa shape index (κ1) is 19.5. The Kier molecular flexibility index (Phi) is 6.94. The van der Waals surface area contributed by atoms with Gasteiger partial charge in [0.15, 0.2) is 10.3 Å². The van der Waals surface area contributed by atoms with Gasteiger partial charge in [-0.1, -0.05) is 13.0 Å². The van der Waals surface area contributed by atoms with Gasteiger partial charge in [-0.25, -0.2) is 15.0 Å². The predicted octanol–water partition coefficient (Wildman–Crippen LogP) is 3.13. The van der Waals surface area contributed by atoms with Crippen molar-refractivity contribution >= 4 is 40.9 Å². The summed E-state index contributed by atoms with van der Waals surface area (Å²) in [5.41, 5.74) is 0. The maximum atomic E-state index is 5.29. The third kappa shape index (κ3) is 5.86. The van der Waals surface area contributed by atoms with E-state index >= 15 is 0 Å². The van der Waals surface area contributed by atoms with Gasteiger partial charge >= 0.3 is 0 Å². The molecule has 1 aliphatic heterocycles. The van der Waals surface area contributed by atoms with Crippen molar-refractivity contribution in [3.63, 3.8) is 0 Å². The molecule has 3 rings (SSSR count). The first-order valence-corrected chi connectivity index (χ1v) is 10.1. The van der Waals surface area contributed by atoms with Crippen LogP contribution in [0, 0.1) is 5.92 Å². The van der Waals surface area contributed by atoms with Gasteiger partial charge in [0.25, 0.3) is 0 Å². The Hall–Kier alpha value is -2.26. The Morgan fingerprint density at radius 3 is 2.78 bits per heavy atom. The van der Waals surface area contributed by atoms with Crippen LogP contribution < -0.4 is 15.5 Å². The molecular weight excluding hydrogens is 378 g/mol. The van der Waals surface area contributed by atoms with Crippen LogP contribution in [0.3, 0.4) is 0 Å². The summed E-state index contributed by atoms with van der Waals surface area (Å²) < 4.78 is 0. The van der Waals surface area contributed by atoms with Crippen LogP contribution in [-0.4, -0.2) is 44.7 Å². The molecule has 9 heteroatoms. The highest BCUT2D eigenvalue weighted by molar-refractivity contribution is 7.99. The van der Waals surface area contributed by atoms with Gasteiger partial charge in [0.05, 0.1) is 0 Å². The monoisotopic (exact) mass is 401 g/mol. The number of anilines is 2. The molecule has 7 nitrogen and oxygen atoms in total. The highest BCUT2D eigenvalue weighted by Crippen LogP contribution is 2.28. The summed E-state index contributed by atoms with van der Waals surface area (Å²) in [7, 11) is 0. The third-order valence-electron chi connectivity index (χ3n) is 4.17. The average molecular weight is 402 g/mol. The molecule has 0 spiro atoms. The summed E-state index contributed by atoms with van der Waals surface area (Å²) in [6.07, 6.45) is 7.51. The van der Waals surface area contributed by atoms with E-state index in [1.807, 2.05) is 6.07 Å². The van der Waals surface area contributed by atoms with Crippen molar-refractivity contribution in [2.75, 3.05) is 29.9 Å². The number of piperidine rings is 1. The predicted molar refractivity (Wildman–Crippen MR) is 113 cm³/mol. The molecule has 3 heterocycles. The van der Waals surface area contributed by atoms with Crippen molar-refractivity contribution in [1.82, 2.24) is 25.3 Å². The van der Waals surface area contributed by atoms with Crippen molar-refractivity contribution in [2.45, 2.75) is 29.9 Å². The quantitative estimate of drug-likeness (QED) is 0.328. The number of thiocarbonyl (C=S) groups is 1. The maximum Gasteiger partial charge on any atom is 0.232 e. The van der Waals surface area contributed by atoms with Crippen molar-refractivity contribution in [3.8, 4) is 0 Å². The Morgan fingerprint density at radius 1 is 1.33 bits per heavy atom. The van der Waals surface area contributed by atoms with E-state index in [1.165, 1.54) is 11.8 Å². The summed E-state index contributed by atoms with van der Waals surface area (Å²) in [5, 5.41) is 7.98. The second-order valence-electron chi connectivity index (χ2n) is 6.31. The lowest BCUT2D eigenvalue weighted by Gasteiger charge is -2.31. The van der Waals surface area contributed by atoms with Crippen LogP contribution in [0.2, 0.25) is 0 Å². The Balaban J connectivity index is 1.82. The van der Waals surface area contributed by atoms with Gasteiger partial charge < -0.3 is 15.5 Å². The number of nitrogens with zero attached hydrogens (tertiary/aromatic N) is 5. The van der Waals surface area contributed by atoms with Gasteiger partial charge in [0, 0.05) is 38.1 Å². The van der Waals surface area contributed by atoms with Crippen molar-refractivity contribution in [2.24, 2.45) is 5.92 Å². The van der Waals surface area contributed by atoms with Crippen LogP contribution in [0.1, 0.15) is 19.8 Å². The van der Waals surface area contributed by atoms with Gasteiger partial charge in [-0.15, -0.1) is 6.58 Å². The van der Waals surface area contributed by atoms with Gasteiger partial charge in [0.1, 0.15) is 10.8 Å². The summed E-state index contributed by atoms with van der Waals surface area (Å²) in [6.45, 7) is 8.53. The molecule has 2 aromatic heterocycles. The molecule has 27 heavy (non-hydrogen) atoms. The molecule has 0 radical (unpaired) electrons. The van der Waals surface area contributed by atoms with E-state index < -0.39 is 0 Å². The SMILES string of the molecule is C=CCNC(=S)Nc1nc(Sc2ncccn2)cc(N2CCC(C)CC2)n1. The van der Waals surface area contributed by atoms with Crippen molar-refractivity contribution in [1.29, 1.82) is 0 Å². The van der Waals surface area contributed by atoms with Crippen LogP contribution in [0.15, 0.2) is 47.4 Å². The summed E-state index contributed by atoms with van der Waals surface area (Å²) in [5.74, 6) is 2.11. The molecule has 0 amide bonds. The summed E-state index contributed by atoms with van der Waals surface area (Å²) >= 11 is 6.70. The number of rotatable bonds is 6. The Bertz CT molecular complexity index is 777. The normalized spacial score (nSPS) is 14.6. The number of hydrogen-bond donors (Lipinski definition) is 2. The van der Waals surface area contributed by atoms with Crippen molar-refractivity contribution in [3.05, 3.63) is 37.2 Å². The smallest absolute Gasteiger partial charge is 0.232 e. The van der Waals surface area contributed by atoms with Crippen LogP contribution >= 0.6 is 24.0 Å². The fraction of sp³-hybridized carbons (Fsp3) is 0.389. The molecule has 1 fully saturated rings. The lowest BCUT2D eigenvalue weighted by molar-refractivity contribution is 0.436. The van der Waals surface area contributed by atoms with E-state index in [1.54, 1.807) is 24.5 Å². The summed E-state index contributed by atoms with van der Waals surface area (Å²) in [4.78, 5) is 20.1. The molecule has 0 atom stereocenters. The van der Waals surface area contributed by atoms with Crippen LogP contribution in [0.25, 0.3) is 0 Å². The second kappa shape index (κ2) is 9.61. The second-order valence-corrected chi connectivity index (χ2v) is 7.71. The first-order valence-electron chi connectivity index (χ1n) is 8.88. The largest absolute Gasteiger partial charge is 0.359 e. The highest BCUT2D eigenvalue weighted by Gasteiger charge is 2.19. The van der Waals surface area contributed by atoms with Crippen LogP contribution in [0.5, 0.6) is 0 Å². The van der Waals surface area contributed by atoms with E-state index in [9.17, 15) is 0 Å². The van der Waals surface area contributed by atoms with Gasteiger partial charge in [-0.3, -0.25) is 0 Å². The maximum absolute atomic E-state index is 5.29. The zero-order valence-corrected chi connectivity index (χ0v) is 16.9. The van der Waals surface area contributed by atoms with Gasteiger partial charge in [0.2, 0.25) is 5.95 Å². The molecule has 0 unspecified atom stereocenters. The molecule has 142 valence electrons. The molecule has 0 saturated carbocycles. The van der Waals surface area contributed by atoms with Crippen molar-refractivity contribution < 1.29 is 0 Å². The zero-order chi connectivity index (χ0) is 19.1. The lowest BCUT2D eigenvalue weighted by Crippen LogP contribution is -2.34. The minimum atomic E-state index is 0.464. The molecular formula is C18H23N7S2. The topological polar surface area (TPSA) is 78.9 Å². The standard InChI is InChI=1S/C18H23N7S2/c1-3-7-19-17(26)24-16-22-14(25-10-5-13(2)6-11-25)12-15(23-16)27-18-20-8-4-9-21-18/h3-4,8-9,12-13H,1,5-7,10-11H2,2H3,(H2,19,22,23,24,26). The van der Waals surface area contributed by atoms with Gasteiger partial charge in [-0.2, -0.15) is 4.98 Å². The Morgan fingerprint density at radius 2 is 2.07 bits per heavy atom. The zero-order valence-electron chi connectivity index (χ0n) is 15.3. The molecule has 1 aliphatic rings. The van der Waals surface area contributed by atoms with E-state index in [0.29, 0.717) is 22.8 Å². The lowest BCUT2D eigenvalue weighted by atomic mass is 9.99. The molecule has 1 saturated heterocycles. The first-order chi connectivity index (χ1) is 13.1. The molecule has 0 aliphatic carbocycles. The number of hydrogen-bond acceptors (Lipinski definition) is 7. The van der Waals surface area contributed by atoms with Crippen LogP contribution in [0.4, 0.5) is 11.8 Å². The fourth-order valence-corrected chi connectivity index (χ4v) is 3.55. The molecule has 2 aromatic rings. The minimum Gasteiger partial charge on any atom is -0.359 e. The minimum absolute atomic E-state index is 0.464. The average Bonchev–Trinajstić information content (AvgIpc) is 2.67. The van der Waals surface area contributed by atoms with E-state index in [4.69, 9.17) is 12.2 Å². The number of aromatic nitrogens is 4. The highest BCUT2D eigenvalue weighted by atomic mass is 32.2. The summed E-state index contributed by atoms with van der Waals surface area (Å²) in [6, 6.07) is 3.78. The molecule has 0 aromatic carbocycles. The number of nitrogens with one attached hydrogen (secondary N) is 2. The van der Waals surface area contributed by atoms with Crippen LogP contribution in [-0.2, 0) is 0 Å². The van der Waals surface area contributed by atoms with E-state index in [-0.39, 0.29) is 0 Å². The van der Waals surface area contributed by atoms with E-state index in [0.717, 1.165) is 42.7 Å². The van der Waals surface area contributed by atoms with Gasteiger partial charge in [-0.05, 0) is 48.8 Å². The van der Waals surface area contributed by atoms with E-state index in [2.05, 4.69) is 49.0 Å². The Labute approximate surface area is 169 Å². The third-order valence-corrected chi connectivity index (χ3v) is 5.23. The molecule has 2 N–H and O–H groups in total. The molecule has 0 bridgehead atoms. The fourth-order valence-electron chi connectivity index (χ4n) is 2.66.